The maximum Gasteiger partial charge on any atom is 0.338 e. The molecule has 0 spiro atoms. The van der Waals surface area contributed by atoms with E-state index in [9.17, 15) is 4.79 Å². The van der Waals surface area contributed by atoms with Crippen molar-refractivity contribution in [3.05, 3.63) is 36.4 Å². The van der Waals surface area contributed by atoms with Gasteiger partial charge in [0.2, 0.25) is 0 Å². The fourth-order valence-corrected chi connectivity index (χ4v) is 1.29. The van der Waals surface area contributed by atoms with Crippen LogP contribution >= 0.6 is 0 Å². The lowest BCUT2D eigenvalue weighted by Crippen LogP contribution is -2.06. The third-order valence-corrected chi connectivity index (χ3v) is 2.03. The highest BCUT2D eigenvalue weighted by Crippen LogP contribution is 2.28. The largest absolute Gasteiger partial charge is 0.493 e. The molecule has 1 aromatic rings. The molecule has 0 radical (unpaired) electrons. The summed E-state index contributed by atoms with van der Waals surface area (Å²) in [6, 6.07) is 4.91. The molecule has 0 aliphatic carbocycles. The molecule has 17 heavy (non-hydrogen) atoms. The molecule has 1 aromatic carbocycles. The number of carbonyl (C=O) groups excluding carboxylic acids is 1. The average Bonchev–Trinajstić information content (AvgIpc) is 2.36. The lowest BCUT2D eigenvalue weighted by molar-refractivity contribution is 0.0549. The Hall–Kier alpha value is -1.97. The quantitative estimate of drug-likeness (QED) is 0.562. The number of hydrogen-bond donors (Lipinski definition) is 0. The first-order valence-corrected chi connectivity index (χ1v) is 5.31. The predicted octanol–water partition coefficient (Wildman–Crippen LogP) is 2.44. The summed E-state index contributed by atoms with van der Waals surface area (Å²) in [5.74, 6) is 0.712. The molecule has 0 aliphatic heterocycles. The summed E-state index contributed by atoms with van der Waals surface area (Å²) in [4.78, 5) is 11.6. The smallest absolute Gasteiger partial charge is 0.338 e. The Morgan fingerprint density at radius 3 is 2.76 bits per heavy atom. The molecular formula is C13H16O4. The van der Waals surface area contributed by atoms with Crippen LogP contribution in [0, 0.1) is 0 Å². The first-order valence-electron chi connectivity index (χ1n) is 5.31. The lowest BCUT2D eigenvalue weighted by Gasteiger charge is -2.10. The summed E-state index contributed by atoms with van der Waals surface area (Å²) < 4.78 is 15.4. The van der Waals surface area contributed by atoms with E-state index in [0.29, 0.717) is 23.7 Å². The highest BCUT2D eigenvalue weighted by atomic mass is 16.5. The molecule has 0 saturated heterocycles. The molecule has 4 nitrogen and oxygen atoms in total. The molecule has 4 heteroatoms. The summed E-state index contributed by atoms with van der Waals surface area (Å²) in [6.07, 6.45) is 1.52. The minimum absolute atomic E-state index is 0.189. The number of rotatable bonds is 6. The van der Waals surface area contributed by atoms with E-state index >= 15 is 0 Å². The van der Waals surface area contributed by atoms with Gasteiger partial charge < -0.3 is 14.2 Å². The number of benzene rings is 1. The van der Waals surface area contributed by atoms with Gasteiger partial charge in [0, 0.05) is 0 Å². The molecule has 0 atom stereocenters. The number of methoxy groups -OCH3 is 1. The first-order chi connectivity index (χ1) is 8.22. The molecule has 0 amide bonds. The summed E-state index contributed by atoms with van der Waals surface area (Å²) in [7, 11) is 1.55. The predicted molar refractivity (Wildman–Crippen MR) is 64.6 cm³/mol. The van der Waals surface area contributed by atoms with Crippen molar-refractivity contribution >= 4 is 5.97 Å². The standard InChI is InChI=1S/C13H16O4/c1-4-8-17-13(14)10-6-7-11(15-3)12(9-10)16-5-2/h4,6-7,9H,1,5,8H2,2-3H3. The maximum absolute atomic E-state index is 11.6. The molecule has 0 aliphatic rings. The summed E-state index contributed by atoms with van der Waals surface area (Å²) in [6.45, 7) is 6.03. The van der Waals surface area contributed by atoms with Gasteiger partial charge >= 0.3 is 5.97 Å². The van der Waals surface area contributed by atoms with E-state index in [1.54, 1.807) is 25.3 Å². The van der Waals surface area contributed by atoms with E-state index in [4.69, 9.17) is 14.2 Å². The summed E-state index contributed by atoms with van der Waals surface area (Å²) >= 11 is 0. The van der Waals surface area contributed by atoms with Crippen molar-refractivity contribution < 1.29 is 19.0 Å². The van der Waals surface area contributed by atoms with Gasteiger partial charge in [0.1, 0.15) is 6.61 Å². The summed E-state index contributed by atoms with van der Waals surface area (Å²) in [5.41, 5.74) is 0.427. The van der Waals surface area contributed by atoms with Crippen molar-refractivity contribution in [1.82, 2.24) is 0 Å². The summed E-state index contributed by atoms with van der Waals surface area (Å²) in [5, 5.41) is 0. The van der Waals surface area contributed by atoms with Crippen LogP contribution in [0.15, 0.2) is 30.9 Å². The number of carbonyl (C=O) groups is 1. The fraction of sp³-hybridized carbons (Fsp3) is 0.308. The molecule has 0 saturated carbocycles. The van der Waals surface area contributed by atoms with Crippen LogP contribution in [0.25, 0.3) is 0 Å². The Labute approximate surface area is 101 Å². The Bertz CT molecular complexity index is 398. The molecular weight excluding hydrogens is 220 g/mol. The maximum atomic E-state index is 11.6. The molecule has 0 unspecified atom stereocenters. The van der Waals surface area contributed by atoms with Crippen LogP contribution < -0.4 is 9.47 Å². The van der Waals surface area contributed by atoms with Gasteiger partial charge in [-0.1, -0.05) is 12.7 Å². The lowest BCUT2D eigenvalue weighted by atomic mass is 10.2. The van der Waals surface area contributed by atoms with Crippen LogP contribution in [0.3, 0.4) is 0 Å². The van der Waals surface area contributed by atoms with Crippen LogP contribution in [0.1, 0.15) is 17.3 Å². The number of esters is 1. The zero-order valence-corrected chi connectivity index (χ0v) is 10.1. The zero-order chi connectivity index (χ0) is 12.7. The van der Waals surface area contributed by atoms with Crippen LogP contribution in [-0.2, 0) is 4.74 Å². The Morgan fingerprint density at radius 1 is 1.41 bits per heavy atom. The second-order valence-electron chi connectivity index (χ2n) is 3.19. The van der Waals surface area contributed by atoms with Gasteiger partial charge in [-0.15, -0.1) is 0 Å². The zero-order valence-electron chi connectivity index (χ0n) is 10.1. The monoisotopic (exact) mass is 236 g/mol. The Morgan fingerprint density at radius 2 is 2.18 bits per heavy atom. The normalized spacial score (nSPS) is 9.53. The van der Waals surface area contributed by atoms with E-state index in [-0.39, 0.29) is 6.61 Å². The molecule has 0 fully saturated rings. The number of ether oxygens (including phenoxy) is 3. The van der Waals surface area contributed by atoms with Crippen LogP contribution in [0.2, 0.25) is 0 Å². The van der Waals surface area contributed by atoms with Crippen LogP contribution in [0.5, 0.6) is 11.5 Å². The molecule has 0 heterocycles. The van der Waals surface area contributed by atoms with E-state index in [1.165, 1.54) is 6.08 Å². The van der Waals surface area contributed by atoms with Crippen LogP contribution in [0.4, 0.5) is 0 Å². The van der Waals surface area contributed by atoms with Crippen molar-refractivity contribution in [2.45, 2.75) is 6.92 Å². The second kappa shape index (κ2) is 6.58. The third kappa shape index (κ3) is 3.52. The Balaban J connectivity index is 2.90. The minimum atomic E-state index is -0.409. The fourth-order valence-electron chi connectivity index (χ4n) is 1.29. The highest BCUT2D eigenvalue weighted by molar-refractivity contribution is 5.90. The van der Waals surface area contributed by atoms with Crippen molar-refractivity contribution in [1.29, 1.82) is 0 Å². The van der Waals surface area contributed by atoms with E-state index < -0.39 is 5.97 Å². The number of hydrogen-bond acceptors (Lipinski definition) is 4. The van der Waals surface area contributed by atoms with Gasteiger partial charge in [0.15, 0.2) is 11.5 Å². The average molecular weight is 236 g/mol. The van der Waals surface area contributed by atoms with E-state index in [2.05, 4.69) is 6.58 Å². The van der Waals surface area contributed by atoms with Crippen LogP contribution in [-0.4, -0.2) is 26.3 Å². The van der Waals surface area contributed by atoms with Gasteiger partial charge in [-0.3, -0.25) is 0 Å². The van der Waals surface area contributed by atoms with Crippen molar-refractivity contribution in [3.63, 3.8) is 0 Å². The molecule has 0 aromatic heterocycles. The highest BCUT2D eigenvalue weighted by Gasteiger charge is 2.11. The van der Waals surface area contributed by atoms with Gasteiger partial charge in [0.05, 0.1) is 19.3 Å². The molecule has 92 valence electrons. The van der Waals surface area contributed by atoms with Gasteiger partial charge in [-0.2, -0.15) is 0 Å². The van der Waals surface area contributed by atoms with Gasteiger partial charge in [-0.05, 0) is 25.1 Å². The topological polar surface area (TPSA) is 44.8 Å². The molecule has 0 N–H and O–H groups in total. The SMILES string of the molecule is C=CCOC(=O)c1ccc(OC)c(OCC)c1. The van der Waals surface area contributed by atoms with Crippen molar-refractivity contribution in [3.8, 4) is 11.5 Å². The van der Waals surface area contributed by atoms with Gasteiger partial charge in [-0.25, -0.2) is 4.79 Å². The van der Waals surface area contributed by atoms with Crippen molar-refractivity contribution in [2.24, 2.45) is 0 Å². The van der Waals surface area contributed by atoms with Crippen molar-refractivity contribution in [2.75, 3.05) is 20.3 Å². The second-order valence-corrected chi connectivity index (χ2v) is 3.19. The van der Waals surface area contributed by atoms with E-state index in [0.717, 1.165) is 0 Å². The third-order valence-electron chi connectivity index (χ3n) is 2.03. The first kappa shape index (κ1) is 13.1. The Kier molecular flexibility index (Phi) is 5.07. The van der Waals surface area contributed by atoms with E-state index in [1.807, 2.05) is 6.92 Å². The molecule has 1 rings (SSSR count). The molecule has 0 bridgehead atoms. The minimum Gasteiger partial charge on any atom is -0.493 e. The van der Waals surface area contributed by atoms with Gasteiger partial charge in [0.25, 0.3) is 0 Å².